The summed E-state index contributed by atoms with van der Waals surface area (Å²) in [6.07, 6.45) is 0.740. The second-order valence-electron chi connectivity index (χ2n) is 2.51. The van der Waals surface area contributed by atoms with Crippen LogP contribution < -0.4 is 0 Å². The zero-order valence-corrected chi connectivity index (χ0v) is 6.91. The van der Waals surface area contributed by atoms with Crippen LogP contribution in [0.15, 0.2) is 0 Å². The molecule has 1 N–H and O–H groups in total. The van der Waals surface area contributed by atoms with Crippen LogP contribution in [-0.4, -0.2) is 26.5 Å². The minimum absolute atomic E-state index is 0.207. The van der Waals surface area contributed by atoms with Gasteiger partial charge in [-0.1, -0.05) is 0 Å². The summed E-state index contributed by atoms with van der Waals surface area (Å²) in [5.74, 6) is 1.70. The summed E-state index contributed by atoms with van der Waals surface area (Å²) in [6, 6.07) is 0. The lowest BCUT2D eigenvalue weighted by atomic mass is 10.4. The highest BCUT2D eigenvalue weighted by Gasteiger charge is 1.99. The van der Waals surface area contributed by atoms with E-state index in [1.807, 2.05) is 18.5 Å². The highest BCUT2D eigenvalue weighted by molar-refractivity contribution is 4.87. The summed E-state index contributed by atoms with van der Waals surface area (Å²) >= 11 is 0. The average molecular weight is 155 g/mol. The van der Waals surface area contributed by atoms with Crippen LogP contribution in [0.2, 0.25) is 0 Å². The van der Waals surface area contributed by atoms with E-state index in [-0.39, 0.29) is 6.61 Å². The molecule has 0 bridgehead atoms. The second-order valence-corrected chi connectivity index (χ2v) is 2.51. The Balaban J connectivity index is 2.62. The Hall–Kier alpha value is -0.900. The normalized spacial score (nSPS) is 10.5. The van der Waals surface area contributed by atoms with E-state index in [1.54, 1.807) is 0 Å². The largest absolute Gasteiger partial charge is 0.396 e. The Morgan fingerprint density at radius 3 is 2.64 bits per heavy atom. The molecule has 11 heavy (non-hydrogen) atoms. The van der Waals surface area contributed by atoms with Crippen molar-refractivity contribution in [3.8, 4) is 0 Å². The van der Waals surface area contributed by atoms with Crippen molar-refractivity contribution < 1.29 is 5.11 Å². The number of rotatable bonds is 3. The summed E-state index contributed by atoms with van der Waals surface area (Å²) in [7, 11) is 0. The monoisotopic (exact) mass is 155 g/mol. The van der Waals surface area contributed by atoms with Crippen molar-refractivity contribution in [2.45, 2.75) is 26.8 Å². The second kappa shape index (κ2) is 3.48. The fourth-order valence-corrected chi connectivity index (χ4v) is 0.994. The van der Waals surface area contributed by atoms with Gasteiger partial charge in [-0.3, -0.25) is 4.68 Å². The lowest BCUT2D eigenvalue weighted by Gasteiger charge is -1.98. The van der Waals surface area contributed by atoms with Gasteiger partial charge in [0.15, 0.2) is 0 Å². The predicted molar refractivity (Wildman–Crippen MR) is 41.2 cm³/mol. The van der Waals surface area contributed by atoms with Crippen LogP contribution in [0.3, 0.4) is 0 Å². The van der Waals surface area contributed by atoms with Gasteiger partial charge in [0.05, 0.1) is 0 Å². The minimum Gasteiger partial charge on any atom is -0.396 e. The SMILES string of the molecule is Cc1nc(C)n(CCCO)n1. The van der Waals surface area contributed by atoms with Crippen molar-refractivity contribution in [3.63, 3.8) is 0 Å². The zero-order valence-electron chi connectivity index (χ0n) is 6.91. The molecule has 0 radical (unpaired) electrons. The smallest absolute Gasteiger partial charge is 0.147 e. The minimum atomic E-state index is 0.207. The summed E-state index contributed by atoms with van der Waals surface area (Å²) in [5, 5.41) is 12.7. The van der Waals surface area contributed by atoms with Gasteiger partial charge in [-0.25, -0.2) is 4.98 Å². The standard InChI is InChI=1S/C7H13N3O/c1-6-8-7(2)10(9-6)4-3-5-11/h11H,3-5H2,1-2H3. The van der Waals surface area contributed by atoms with E-state index in [9.17, 15) is 0 Å². The third kappa shape index (κ3) is 2.01. The highest BCUT2D eigenvalue weighted by atomic mass is 16.3. The molecule has 1 rings (SSSR count). The summed E-state index contributed by atoms with van der Waals surface area (Å²) in [4.78, 5) is 4.13. The van der Waals surface area contributed by atoms with Crippen molar-refractivity contribution in [2.24, 2.45) is 0 Å². The summed E-state index contributed by atoms with van der Waals surface area (Å²) in [5.41, 5.74) is 0. The molecule has 0 aliphatic rings. The van der Waals surface area contributed by atoms with E-state index in [1.165, 1.54) is 0 Å². The van der Waals surface area contributed by atoms with Gasteiger partial charge in [0, 0.05) is 13.2 Å². The van der Waals surface area contributed by atoms with Crippen LogP contribution in [0.1, 0.15) is 18.1 Å². The molecule has 1 heterocycles. The Morgan fingerprint density at radius 2 is 2.18 bits per heavy atom. The van der Waals surface area contributed by atoms with Crippen LogP contribution in [0, 0.1) is 13.8 Å². The third-order valence-electron chi connectivity index (χ3n) is 1.49. The first-order chi connectivity index (χ1) is 5.24. The van der Waals surface area contributed by atoms with E-state index in [2.05, 4.69) is 10.1 Å². The summed E-state index contributed by atoms with van der Waals surface area (Å²) in [6.45, 7) is 4.74. The molecule has 0 saturated carbocycles. The topological polar surface area (TPSA) is 50.9 Å². The summed E-state index contributed by atoms with van der Waals surface area (Å²) < 4.78 is 1.81. The molecular formula is C7H13N3O. The first-order valence-corrected chi connectivity index (χ1v) is 3.73. The van der Waals surface area contributed by atoms with Crippen LogP contribution in [0.5, 0.6) is 0 Å². The maximum absolute atomic E-state index is 8.56. The third-order valence-corrected chi connectivity index (χ3v) is 1.49. The first kappa shape index (κ1) is 8.20. The maximum Gasteiger partial charge on any atom is 0.147 e. The van der Waals surface area contributed by atoms with Gasteiger partial charge in [-0.05, 0) is 20.3 Å². The lowest BCUT2D eigenvalue weighted by molar-refractivity contribution is 0.276. The molecule has 4 nitrogen and oxygen atoms in total. The quantitative estimate of drug-likeness (QED) is 0.682. The molecule has 0 aliphatic heterocycles. The fourth-order valence-electron chi connectivity index (χ4n) is 0.994. The molecule has 0 aromatic carbocycles. The number of aliphatic hydroxyl groups is 1. The molecule has 1 aromatic heterocycles. The molecule has 0 atom stereocenters. The van der Waals surface area contributed by atoms with E-state index < -0.39 is 0 Å². The van der Waals surface area contributed by atoms with Gasteiger partial charge >= 0.3 is 0 Å². The first-order valence-electron chi connectivity index (χ1n) is 3.73. The van der Waals surface area contributed by atoms with E-state index in [0.29, 0.717) is 0 Å². The van der Waals surface area contributed by atoms with Crippen molar-refractivity contribution in [1.29, 1.82) is 0 Å². The number of aliphatic hydroxyl groups excluding tert-OH is 1. The van der Waals surface area contributed by atoms with Crippen LogP contribution in [-0.2, 0) is 6.54 Å². The van der Waals surface area contributed by atoms with Gasteiger partial charge in [0.1, 0.15) is 11.6 Å². The van der Waals surface area contributed by atoms with Gasteiger partial charge in [0.25, 0.3) is 0 Å². The molecule has 4 heteroatoms. The van der Waals surface area contributed by atoms with Crippen molar-refractivity contribution in [3.05, 3.63) is 11.6 Å². The molecule has 0 fully saturated rings. The molecular weight excluding hydrogens is 142 g/mol. The molecule has 62 valence electrons. The number of hydrogen-bond donors (Lipinski definition) is 1. The Bertz CT molecular complexity index is 232. The van der Waals surface area contributed by atoms with Crippen LogP contribution in [0.25, 0.3) is 0 Å². The van der Waals surface area contributed by atoms with Crippen molar-refractivity contribution in [2.75, 3.05) is 6.61 Å². The number of aromatic nitrogens is 3. The Morgan fingerprint density at radius 1 is 1.45 bits per heavy atom. The van der Waals surface area contributed by atoms with Crippen LogP contribution in [0.4, 0.5) is 0 Å². The highest BCUT2D eigenvalue weighted by Crippen LogP contribution is 1.96. The molecule has 0 saturated heterocycles. The van der Waals surface area contributed by atoms with Gasteiger partial charge in [-0.15, -0.1) is 0 Å². The Kier molecular flexibility index (Phi) is 2.59. The number of nitrogens with zero attached hydrogens (tertiary/aromatic N) is 3. The molecule has 0 aliphatic carbocycles. The predicted octanol–water partition coefficient (Wildman–Crippen LogP) is 0.277. The molecule has 0 spiro atoms. The average Bonchev–Trinajstić information content (AvgIpc) is 2.26. The van der Waals surface area contributed by atoms with Gasteiger partial charge < -0.3 is 5.11 Å². The number of hydrogen-bond acceptors (Lipinski definition) is 3. The molecule has 0 unspecified atom stereocenters. The van der Waals surface area contributed by atoms with E-state index in [4.69, 9.17) is 5.11 Å². The lowest BCUT2D eigenvalue weighted by Crippen LogP contribution is -2.04. The van der Waals surface area contributed by atoms with Gasteiger partial charge in [-0.2, -0.15) is 5.10 Å². The fraction of sp³-hybridized carbons (Fsp3) is 0.714. The van der Waals surface area contributed by atoms with Crippen LogP contribution >= 0.6 is 0 Å². The maximum atomic E-state index is 8.56. The van der Waals surface area contributed by atoms with Gasteiger partial charge in [0.2, 0.25) is 0 Å². The van der Waals surface area contributed by atoms with E-state index in [0.717, 1.165) is 24.6 Å². The number of aryl methyl sites for hydroxylation is 3. The van der Waals surface area contributed by atoms with Crippen molar-refractivity contribution in [1.82, 2.24) is 14.8 Å². The zero-order chi connectivity index (χ0) is 8.27. The Labute approximate surface area is 65.9 Å². The molecule has 1 aromatic rings. The molecule has 0 amide bonds. The van der Waals surface area contributed by atoms with Crippen molar-refractivity contribution >= 4 is 0 Å². The van der Waals surface area contributed by atoms with E-state index >= 15 is 0 Å².